The smallest absolute Gasteiger partial charge is 0.337 e. The molecule has 96 valence electrons. The molecule has 1 saturated heterocycles. The lowest BCUT2D eigenvalue weighted by Crippen LogP contribution is -2.58. The summed E-state index contributed by atoms with van der Waals surface area (Å²) in [5.41, 5.74) is -1.33. The van der Waals surface area contributed by atoms with Gasteiger partial charge in [0.1, 0.15) is 5.82 Å². The molecule has 0 aliphatic carbocycles. The molecule has 2 rings (SSSR count). The molecule has 1 unspecified atom stereocenters. The van der Waals surface area contributed by atoms with Crippen LogP contribution in [0.1, 0.15) is 18.9 Å². The number of rotatable bonds is 2. The Morgan fingerprint density at radius 2 is 2.22 bits per heavy atom. The van der Waals surface area contributed by atoms with Gasteiger partial charge >= 0.3 is 5.97 Å². The van der Waals surface area contributed by atoms with Gasteiger partial charge in [0.05, 0.1) is 0 Å². The van der Waals surface area contributed by atoms with Crippen molar-refractivity contribution >= 4 is 27.8 Å². The largest absolute Gasteiger partial charge is 0.454 e. The van der Waals surface area contributed by atoms with Crippen molar-refractivity contribution in [2.75, 3.05) is 6.61 Å². The van der Waals surface area contributed by atoms with Crippen LogP contribution in [-0.2, 0) is 19.9 Å². The van der Waals surface area contributed by atoms with E-state index in [0.29, 0.717) is 4.47 Å². The number of amides is 1. The van der Waals surface area contributed by atoms with Crippen LogP contribution in [0.3, 0.4) is 0 Å². The highest BCUT2D eigenvalue weighted by molar-refractivity contribution is 9.10. The second-order valence-electron chi connectivity index (χ2n) is 4.01. The van der Waals surface area contributed by atoms with Crippen LogP contribution in [0.5, 0.6) is 0 Å². The highest BCUT2D eigenvalue weighted by Crippen LogP contribution is 2.32. The maximum absolute atomic E-state index is 13.9. The first-order valence-corrected chi connectivity index (χ1v) is 6.22. The van der Waals surface area contributed by atoms with Crippen LogP contribution in [0.2, 0.25) is 0 Å². The molecular weight excluding hydrogens is 305 g/mol. The minimum atomic E-state index is -1.44. The van der Waals surface area contributed by atoms with Crippen LogP contribution in [-0.4, -0.2) is 18.5 Å². The average molecular weight is 316 g/mol. The summed E-state index contributed by atoms with van der Waals surface area (Å²) in [6.07, 6.45) is 0.213. The monoisotopic (exact) mass is 315 g/mol. The summed E-state index contributed by atoms with van der Waals surface area (Å²) in [5, 5.41) is 2.54. The Balaban J connectivity index is 2.58. The lowest BCUT2D eigenvalue weighted by atomic mass is 9.86. The molecular formula is C12H11BrFNO3. The van der Waals surface area contributed by atoms with E-state index in [9.17, 15) is 14.0 Å². The lowest BCUT2D eigenvalue weighted by Gasteiger charge is -2.35. The van der Waals surface area contributed by atoms with Crippen LogP contribution < -0.4 is 5.32 Å². The Morgan fingerprint density at radius 1 is 1.50 bits per heavy atom. The van der Waals surface area contributed by atoms with Gasteiger partial charge in [0, 0.05) is 10.0 Å². The molecule has 1 aromatic carbocycles. The summed E-state index contributed by atoms with van der Waals surface area (Å²) in [6.45, 7) is 1.36. The number of hydrogen-bond acceptors (Lipinski definition) is 3. The van der Waals surface area contributed by atoms with Gasteiger partial charge in [0.2, 0.25) is 0 Å². The topological polar surface area (TPSA) is 55.4 Å². The average Bonchev–Trinajstić information content (AvgIpc) is 2.35. The minimum absolute atomic E-state index is 0.109. The van der Waals surface area contributed by atoms with E-state index < -0.39 is 23.2 Å². The molecule has 0 radical (unpaired) electrons. The number of benzene rings is 1. The van der Waals surface area contributed by atoms with Gasteiger partial charge in [-0.2, -0.15) is 0 Å². The number of carbonyl (C=O) groups excluding carboxylic acids is 2. The fraction of sp³-hybridized carbons (Fsp3) is 0.333. The van der Waals surface area contributed by atoms with Crippen molar-refractivity contribution in [3.8, 4) is 0 Å². The zero-order chi connectivity index (χ0) is 13.3. The molecule has 18 heavy (non-hydrogen) atoms. The number of halogens is 2. The summed E-state index contributed by atoms with van der Waals surface area (Å²) in [4.78, 5) is 23.4. The van der Waals surface area contributed by atoms with Gasteiger partial charge in [0.25, 0.3) is 5.91 Å². The third kappa shape index (κ3) is 2.01. The van der Waals surface area contributed by atoms with Crippen molar-refractivity contribution in [1.82, 2.24) is 5.32 Å². The molecule has 1 heterocycles. The van der Waals surface area contributed by atoms with Crippen molar-refractivity contribution < 1.29 is 18.7 Å². The fourth-order valence-corrected chi connectivity index (χ4v) is 2.37. The van der Waals surface area contributed by atoms with E-state index >= 15 is 0 Å². The van der Waals surface area contributed by atoms with Gasteiger partial charge in [-0.1, -0.05) is 22.9 Å². The quantitative estimate of drug-likeness (QED) is 0.848. The van der Waals surface area contributed by atoms with Crippen LogP contribution >= 0.6 is 15.9 Å². The van der Waals surface area contributed by atoms with Crippen molar-refractivity contribution in [1.29, 1.82) is 0 Å². The van der Waals surface area contributed by atoms with Crippen LogP contribution in [0, 0.1) is 5.82 Å². The number of esters is 1. The molecule has 1 N–H and O–H groups in total. The van der Waals surface area contributed by atoms with Gasteiger partial charge in [-0.25, -0.2) is 9.18 Å². The zero-order valence-electron chi connectivity index (χ0n) is 9.63. The molecule has 0 aromatic heterocycles. The van der Waals surface area contributed by atoms with Gasteiger partial charge < -0.3 is 10.1 Å². The molecule has 6 heteroatoms. The van der Waals surface area contributed by atoms with Crippen LogP contribution in [0.4, 0.5) is 4.39 Å². The SMILES string of the molecule is CCC1(c2cc(Br)ccc2F)NC(=O)COC1=O. The van der Waals surface area contributed by atoms with Crippen molar-refractivity contribution in [3.05, 3.63) is 34.1 Å². The number of hydrogen-bond donors (Lipinski definition) is 1. The van der Waals surface area contributed by atoms with Crippen LogP contribution in [0.25, 0.3) is 0 Å². The Morgan fingerprint density at radius 3 is 2.89 bits per heavy atom. The Kier molecular flexibility index (Phi) is 3.38. The van der Waals surface area contributed by atoms with Crippen molar-refractivity contribution in [2.45, 2.75) is 18.9 Å². The molecule has 1 aliphatic heterocycles. The molecule has 1 aliphatic rings. The third-order valence-corrected chi connectivity index (χ3v) is 3.45. The maximum atomic E-state index is 13.9. The molecule has 1 aromatic rings. The first kappa shape index (κ1) is 13.0. The maximum Gasteiger partial charge on any atom is 0.337 e. The van der Waals surface area contributed by atoms with E-state index in [4.69, 9.17) is 4.74 Å². The van der Waals surface area contributed by atoms with E-state index in [0.717, 1.165) is 0 Å². The van der Waals surface area contributed by atoms with Crippen LogP contribution in [0.15, 0.2) is 22.7 Å². The van der Waals surface area contributed by atoms with Gasteiger partial charge in [0.15, 0.2) is 12.1 Å². The molecule has 4 nitrogen and oxygen atoms in total. The highest BCUT2D eigenvalue weighted by atomic mass is 79.9. The second kappa shape index (κ2) is 4.68. The summed E-state index contributed by atoms with van der Waals surface area (Å²) >= 11 is 3.22. The lowest BCUT2D eigenvalue weighted by molar-refractivity contribution is -0.164. The highest BCUT2D eigenvalue weighted by Gasteiger charge is 2.46. The molecule has 0 bridgehead atoms. The number of carbonyl (C=O) groups is 2. The van der Waals surface area contributed by atoms with Gasteiger partial charge in [-0.15, -0.1) is 0 Å². The van der Waals surface area contributed by atoms with E-state index in [1.165, 1.54) is 18.2 Å². The Hall–Kier alpha value is -1.43. The van der Waals surface area contributed by atoms with E-state index in [2.05, 4.69) is 21.2 Å². The van der Waals surface area contributed by atoms with Crippen molar-refractivity contribution in [3.63, 3.8) is 0 Å². The summed E-state index contributed by atoms with van der Waals surface area (Å²) < 4.78 is 19.3. The van der Waals surface area contributed by atoms with Gasteiger partial charge in [-0.05, 0) is 24.6 Å². The van der Waals surface area contributed by atoms with Crippen molar-refractivity contribution in [2.24, 2.45) is 0 Å². The molecule has 0 saturated carbocycles. The normalized spacial score (nSPS) is 23.5. The zero-order valence-corrected chi connectivity index (χ0v) is 11.2. The van der Waals surface area contributed by atoms with E-state index in [-0.39, 0.29) is 18.6 Å². The third-order valence-electron chi connectivity index (χ3n) is 2.95. The molecule has 1 fully saturated rings. The number of nitrogens with one attached hydrogen (secondary N) is 1. The molecule has 1 atom stereocenters. The van der Waals surface area contributed by atoms with E-state index in [1.807, 2.05) is 0 Å². The first-order valence-electron chi connectivity index (χ1n) is 5.43. The summed E-state index contributed by atoms with van der Waals surface area (Å²) in [5.74, 6) is -1.63. The summed E-state index contributed by atoms with van der Waals surface area (Å²) in [7, 11) is 0. The number of cyclic esters (lactones) is 1. The predicted octanol–water partition coefficient (Wildman–Crippen LogP) is 1.87. The molecule has 0 spiro atoms. The number of ether oxygens (including phenoxy) is 1. The summed E-state index contributed by atoms with van der Waals surface area (Å²) in [6, 6.07) is 4.24. The Labute approximate surface area is 112 Å². The fourth-order valence-electron chi connectivity index (χ4n) is 2.00. The molecule has 1 amide bonds. The van der Waals surface area contributed by atoms with E-state index in [1.54, 1.807) is 6.92 Å². The first-order chi connectivity index (χ1) is 8.49. The minimum Gasteiger partial charge on any atom is -0.454 e. The predicted molar refractivity (Wildman–Crippen MR) is 65.2 cm³/mol. The second-order valence-corrected chi connectivity index (χ2v) is 4.92. The Bertz CT molecular complexity index is 520. The van der Waals surface area contributed by atoms with Gasteiger partial charge in [-0.3, -0.25) is 4.79 Å². The number of morpholine rings is 1. The standard InChI is InChI=1S/C12H11BrFNO3/c1-2-12(11(17)18-6-10(16)15-12)8-5-7(13)3-4-9(8)14/h3-5H,2,6H2,1H3,(H,15,16).